The minimum atomic E-state index is -2.46. The number of piperidine rings is 1. The van der Waals surface area contributed by atoms with Gasteiger partial charge in [-0.25, -0.2) is 0 Å². The maximum Gasteiger partial charge on any atom is 0.119 e. The second kappa shape index (κ2) is 4.49. The van der Waals surface area contributed by atoms with E-state index in [9.17, 15) is 0 Å². The second-order valence-electron chi connectivity index (χ2n) is 6.64. The zero-order valence-corrected chi connectivity index (χ0v) is 11.7. The lowest BCUT2D eigenvalue weighted by molar-refractivity contribution is 0.00274. The van der Waals surface area contributed by atoms with Crippen molar-refractivity contribution < 1.29 is 13.0 Å². The maximum absolute atomic E-state index is 7.95. The largest absolute Gasteiger partial charge is 0.497 e. The van der Waals surface area contributed by atoms with Crippen molar-refractivity contribution in [1.82, 2.24) is 4.90 Å². The molecule has 1 saturated heterocycles. The molecule has 3 atom stereocenters. The van der Waals surface area contributed by atoms with E-state index >= 15 is 0 Å². The van der Waals surface area contributed by atoms with Crippen LogP contribution in [0, 0.1) is 5.92 Å². The first-order valence-corrected chi connectivity index (χ1v) is 7.69. The van der Waals surface area contributed by atoms with E-state index in [0.717, 1.165) is 37.7 Å². The van der Waals surface area contributed by atoms with Crippen LogP contribution < -0.4 is 4.74 Å². The number of nitrogens with zero attached hydrogens (tertiary/aromatic N) is 1. The van der Waals surface area contributed by atoms with E-state index in [1.54, 1.807) is 11.0 Å². The Kier molecular flexibility index (Phi) is 1.76. The zero-order chi connectivity index (χ0) is 18.7. The molecule has 0 amide bonds. The molecule has 1 saturated carbocycles. The van der Waals surface area contributed by atoms with E-state index in [1.165, 1.54) is 5.56 Å². The van der Waals surface area contributed by atoms with Gasteiger partial charge in [-0.1, -0.05) is 18.9 Å². The number of fused-ring (bicyclic) bond motifs is 1. The molecule has 1 heterocycles. The molecular formula is C18H25NO. The van der Waals surface area contributed by atoms with Crippen molar-refractivity contribution in [2.45, 2.75) is 50.0 Å². The average Bonchev–Trinajstić information content (AvgIpc) is 2.53. The summed E-state index contributed by atoms with van der Waals surface area (Å²) >= 11 is 0. The molecule has 0 aromatic heterocycles. The van der Waals surface area contributed by atoms with Gasteiger partial charge in [0.1, 0.15) is 5.75 Å². The number of rotatable bonds is 1. The fourth-order valence-electron chi connectivity index (χ4n) is 5.05. The molecular weight excluding hydrogens is 246 g/mol. The van der Waals surface area contributed by atoms with Crippen LogP contribution in [0.2, 0.25) is 0 Å². The van der Waals surface area contributed by atoms with Gasteiger partial charge in [-0.2, -0.15) is 0 Å². The highest BCUT2D eigenvalue weighted by molar-refractivity contribution is 5.45. The van der Waals surface area contributed by atoms with Gasteiger partial charge in [0, 0.05) is 15.6 Å². The Morgan fingerprint density at radius 3 is 3.25 bits per heavy atom. The Hall–Kier alpha value is -1.02. The van der Waals surface area contributed by atoms with Gasteiger partial charge in [0.25, 0.3) is 0 Å². The maximum atomic E-state index is 7.95. The topological polar surface area (TPSA) is 12.5 Å². The van der Waals surface area contributed by atoms with E-state index in [4.69, 9.17) is 13.0 Å². The van der Waals surface area contributed by atoms with Gasteiger partial charge < -0.3 is 9.64 Å². The van der Waals surface area contributed by atoms with Crippen LogP contribution in [-0.4, -0.2) is 31.5 Å². The number of likely N-dealkylation sites (N-methyl/N-ethyl adjacent to an activating group) is 1. The van der Waals surface area contributed by atoms with Crippen LogP contribution >= 0.6 is 0 Å². The average molecular weight is 277 g/mol. The van der Waals surface area contributed by atoms with Crippen molar-refractivity contribution >= 4 is 0 Å². The molecule has 2 fully saturated rings. The molecule has 2 heteroatoms. The summed E-state index contributed by atoms with van der Waals surface area (Å²) in [5.41, 5.74) is 2.32. The first kappa shape index (κ1) is 7.84. The van der Waals surface area contributed by atoms with Crippen LogP contribution in [0.25, 0.3) is 0 Å². The van der Waals surface area contributed by atoms with Crippen LogP contribution in [0.5, 0.6) is 5.75 Å². The van der Waals surface area contributed by atoms with E-state index in [2.05, 4.69) is 0 Å². The normalized spacial score (nSPS) is 41.8. The third kappa shape index (κ3) is 1.60. The molecule has 3 aliphatic rings. The van der Waals surface area contributed by atoms with Gasteiger partial charge in [-0.15, -0.1) is 0 Å². The summed E-state index contributed by atoms with van der Waals surface area (Å²) in [4.78, 5) is 1.73. The standard InChI is InChI=1S/C18H25NO/c1-19-10-9-18-8-4-3-5-15(18)17(19)11-13-6-7-14(20-2)12-16(13)18/h6-7,12,15,17H,3-5,8-11H2,1-2H3/t15-,17-,18-/m1/s1/i1D3,2D3. The monoisotopic (exact) mass is 277 g/mol. The summed E-state index contributed by atoms with van der Waals surface area (Å²) in [6.07, 6.45) is 5.90. The smallest absolute Gasteiger partial charge is 0.119 e. The highest BCUT2D eigenvalue weighted by atomic mass is 16.5. The molecule has 0 N–H and O–H groups in total. The summed E-state index contributed by atoms with van der Waals surface area (Å²) < 4.78 is 51.1. The molecule has 1 aromatic rings. The summed E-state index contributed by atoms with van der Waals surface area (Å²) in [5.74, 6) is 0.708. The minimum absolute atomic E-state index is 0.0354. The van der Waals surface area contributed by atoms with Crippen LogP contribution in [-0.2, 0) is 11.8 Å². The zero-order valence-electron chi connectivity index (χ0n) is 17.7. The molecule has 0 radical (unpaired) electrons. The molecule has 2 bridgehead atoms. The SMILES string of the molecule is [2H]C([2H])([2H])Oc1ccc2c(c1)[C@@]13CCCC[C@@H]1[C@@H](C2)N(C([2H])([2H])[2H])CC3. The first-order chi connectivity index (χ1) is 12.1. The van der Waals surface area contributed by atoms with Crippen LogP contribution in [0.1, 0.15) is 51.5 Å². The summed E-state index contributed by atoms with van der Waals surface area (Å²) in [6.45, 7) is -1.49. The number of benzene rings is 1. The molecule has 1 aromatic carbocycles. The summed E-state index contributed by atoms with van der Waals surface area (Å²) in [7, 11) is -2.46. The predicted molar refractivity (Wildman–Crippen MR) is 81.4 cm³/mol. The van der Waals surface area contributed by atoms with Gasteiger partial charge in [-0.3, -0.25) is 0 Å². The van der Waals surface area contributed by atoms with Gasteiger partial charge >= 0.3 is 0 Å². The van der Waals surface area contributed by atoms with Crippen molar-refractivity contribution in [3.05, 3.63) is 29.3 Å². The molecule has 20 heavy (non-hydrogen) atoms. The van der Waals surface area contributed by atoms with Crippen molar-refractivity contribution in [2.24, 2.45) is 5.92 Å². The van der Waals surface area contributed by atoms with Crippen LogP contribution in [0.4, 0.5) is 0 Å². The third-order valence-electron chi connectivity index (χ3n) is 5.93. The summed E-state index contributed by atoms with van der Waals surface area (Å²) in [5, 5.41) is 0. The van der Waals surface area contributed by atoms with Crippen molar-refractivity contribution in [3.63, 3.8) is 0 Å². The van der Waals surface area contributed by atoms with Crippen molar-refractivity contribution in [3.8, 4) is 5.75 Å². The number of hydrogen-bond acceptors (Lipinski definition) is 2. The summed E-state index contributed by atoms with van der Waals surface area (Å²) in [6, 6.07) is 5.61. The van der Waals surface area contributed by atoms with Crippen LogP contribution in [0.3, 0.4) is 0 Å². The Morgan fingerprint density at radius 2 is 2.35 bits per heavy atom. The number of methoxy groups -OCH3 is 1. The van der Waals surface area contributed by atoms with Gasteiger partial charge in [-0.05, 0) is 68.4 Å². The van der Waals surface area contributed by atoms with Gasteiger partial charge in [0.05, 0.1) is 11.2 Å². The van der Waals surface area contributed by atoms with Gasteiger partial charge in [0.15, 0.2) is 0 Å². The van der Waals surface area contributed by atoms with Gasteiger partial charge in [0.2, 0.25) is 0 Å². The van der Waals surface area contributed by atoms with E-state index < -0.39 is 14.0 Å². The lowest BCUT2D eigenvalue weighted by Crippen LogP contribution is -2.59. The Bertz CT molecular complexity index is 700. The lowest BCUT2D eigenvalue weighted by Gasteiger charge is -2.58. The Balaban J connectivity index is 1.78. The lowest BCUT2D eigenvalue weighted by atomic mass is 9.52. The van der Waals surface area contributed by atoms with Crippen molar-refractivity contribution in [2.75, 3.05) is 20.6 Å². The highest BCUT2D eigenvalue weighted by Gasteiger charge is 2.53. The van der Waals surface area contributed by atoms with E-state index in [1.807, 2.05) is 12.1 Å². The first-order valence-electron chi connectivity index (χ1n) is 10.7. The van der Waals surface area contributed by atoms with Crippen LogP contribution in [0.15, 0.2) is 18.2 Å². The molecule has 0 unspecified atom stereocenters. The quantitative estimate of drug-likeness (QED) is 0.780. The molecule has 108 valence electrons. The van der Waals surface area contributed by atoms with Crippen molar-refractivity contribution in [1.29, 1.82) is 0 Å². The number of likely N-dealkylation sites (tertiary alicyclic amines) is 1. The molecule has 0 spiro atoms. The molecule has 4 rings (SSSR count). The minimum Gasteiger partial charge on any atom is -0.497 e. The highest BCUT2D eigenvalue weighted by Crippen LogP contribution is 2.55. The van der Waals surface area contributed by atoms with E-state index in [-0.39, 0.29) is 11.5 Å². The van der Waals surface area contributed by atoms with E-state index in [0.29, 0.717) is 24.6 Å². The fraction of sp³-hybridized carbons (Fsp3) is 0.667. The molecule has 2 aliphatic carbocycles. The predicted octanol–water partition coefficient (Wildman–Crippen LogP) is 3.38. The number of hydrogen-bond donors (Lipinski definition) is 0. The fourth-order valence-corrected chi connectivity index (χ4v) is 5.05. The molecule has 1 aliphatic heterocycles. The second-order valence-corrected chi connectivity index (χ2v) is 6.64. The molecule has 2 nitrogen and oxygen atoms in total. The Labute approximate surface area is 130 Å². The number of ether oxygens (including phenoxy) is 1. The Morgan fingerprint density at radius 1 is 1.35 bits per heavy atom. The third-order valence-corrected chi connectivity index (χ3v) is 5.93.